The van der Waals surface area contributed by atoms with Crippen LogP contribution < -0.4 is 5.32 Å². The molecule has 0 aromatic carbocycles. The van der Waals surface area contributed by atoms with E-state index in [9.17, 15) is 9.59 Å². The third-order valence-electron chi connectivity index (χ3n) is 4.53. The van der Waals surface area contributed by atoms with Crippen LogP contribution in [0.2, 0.25) is 0 Å². The molecule has 4 heterocycles. The minimum Gasteiger partial charge on any atom is -0.310 e. The van der Waals surface area contributed by atoms with Gasteiger partial charge in [0.05, 0.1) is 16.3 Å². The highest BCUT2D eigenvalue weighted by molar-refractivity contribution is 7.08. The summed E-state index contributed by atoms with van der Waals surface area (Å²) >= 11 is 1.42. The summed E-state index contributed by atoms with van der Waals surface area (Å²) in [4.78, 5) is 37.9. The smallest absolute Gasteiger partial charge is 0.225 e. The molecule has 2 aliphatic rings. The Morgan fingerprint density at radius 3 is 3.04 bits per heavy atom. The molecule has 4 rings (SSSR count). The lowest BCUT2D eigenvalue weighted by molar-refractivity contribution is -0.116. The largest absolute Gasteiger partial charge is 0.310 e. The Labute approximate surface area is 154 Å². The number of ketones is 1. The maximum atomic E-state index is 12.8. The maximum Gasteiger partial charge on any atom is 0.225 e. The summed E-state index contributed by atoms with van der Waals surface area (Å²) in [5.74, 6) is 0.296. The molecular formula is C18H17N5O2S. The number of allylic oxidation sites excluding steroid dienone is 1. The number of hydrogen-bond acceptors (Lipinski definition) is 7. The molecule has 0 aliphatic carbocycles. The Kier molecular flexibility index (Phi) is 4.42. The van der Waals surface area contributed by atoms with E-state index in [0.717, 1.165) is 28.3 Å². The van der Waals surface area contributed by atoms with Crippen LogP contribution in [0.15, 0.2) is 29.7 Å². The van der Waals surface area contributed by atoms with Gasteiger partial charge >= 0.3 is 0 Å². The molecule has 1 unspecified atom stereocenters. The van der Waals surface area contributed by atoms with Crippen molar-refractivity contribution in [2.75, 3.05) is 5.32 Å². The third-order valence-corrected chi connectivity index (χ3v) is 5.38. The van der Waals surface area contributed by atoms with E-state index < -0.39 is 0 Å². The first-order valence-electron chi connectivity index (χ1n) is 8.47. The van der Waals surface area contributed by atoms with Crippen LogP contribution in [0.3, 0.4) is 0 Å². The lowest BCUT2D eigenvalue weighted by Crippen LogP contribution is -2.23. The molecular weight excluding hydrogens is 350 g/mol. The monoisotopic (exact) mass is 367 g/mol. The van der Waals surface area contributed by atoms with Gasteiger partial charge in [0, 0.05) is 36.9 Å². The number of hydrogen-bond donors (Lipinski definition) is 1. The van der Waals surface area contributed by atoms with E-state index in [1.807, 2.05) is 19.1 Å². The van der Waals surface area contributed by atoms with Crippen LogP contribution in [0.4, 0.5) is 5.82 Å². The first kappa shape index (κ1) is 16.7. The molecule has 7 nitrogen and oxygen atoms in total. The number of nitrogens with one attached hydrogen (secondary N) is 1. The van der Waals surface area contributed by atoms with Gasteiger partial charge in [0.15, 0.2) is 5.78 Å². The van der Waals surface area contributed by atoms with Crippen molar-refractivity contribution in [3.63, 3.8) is 0 Å². The van der Waals surface area contributed by atoms with Crippen molar-refractivity contribution in [2.24, 2.45) is 4.99 Å². The Morgan fingerprint density at radius 1 is 1.35 bits per heavy atom. The van der Waals surface area contributed by atoms with Gasteiger partial charge in [0.1, 0.15) is 17.8 Å². The van der Waals surface area contributed by atoms with Crippen LogP contribution in [0.25, 0.3) is 0 Å². The summed E-state index contributed by atoms with van der Waals surface area (Å²) in [5.41, 5.74) is 3.05. The Balaban J connectivity index is 1.50. The fourth-order valence-corrected chi connectivity index (χ4v) is 3.94. The second-order valence-corrected chi connectivity index (χ2v) is 7.21. The van der Waals surface area contributed by atoms with Crippen LogP contribution in [0, 0.1) is 0 Å². The first-order chi connectivity index (χ1) is 12.6. The predicted molar refractivity (Wildman–Crippen MR) is 98.8 cm³/mol. The molecule has 1 atom stereocenters. The molecule has 0 spiro atoms. The highest BCUT2D eigenvalue weighted by Gasteiger charge is 2.25. The molecule has 0 saturated heterocycles. The quantitative estimate of drug-likeness (QED) is 0.820. The Morgan fingerprint density at radius 2 is 2.23 bits per heavy atom. The molecule has 132 valence electrons. The van der Waals surface area contributed by atoms with E-state index in [1.54, 1.807) is 6.20 Å². The van der Waals surface area contributed by atoms with Crippen molar-refractivity contribution < 1.29 is 9.59 Å². The lowest BCUT2D eigenvalue weighted by atomic mass is 9.95. The lowest BCUT2D eigenvalue weighted by Gasteiger charge is -2.17. The van der Waals surface area contributed by atoms with Crippen LogP contribution in [-0.4, -0.2) is 31.7 Å². The molecule has 1 N–H and O–H groups in total. The van der Waals surface area contributed by atoms with Gasteiger partial charge in [0.25, 0.3) is 0 Å². The van der Waals surface area contributed by atoms with E-state index in [1.165, 1.54) is 17.9 Å². The minimum atomic E-state index is -0.0812. The predicted octanol–water partition coefficient (Wildman–Crippen LogP) is 2.90. The number of carbonyl (C=O) groups is 2. The molecule has 2 aromatic rings. The molecule has 0 fully saturated rings. The van der Waals surface area contributed by atoms with E-state index in [2.05, 4.69) is 24.7 Å². The van der Waals surface area contributed by atoms with Gasteiger partial charge in [-0.25, -0.2) is 9.97 Å². The summed E-state index contributed by atoms with van der Waals surface area (Å²) in [6.07, 6.45) is 7.12. The van der Waals surface area contributed by atoms with Gasteiger partial charge in [-0.15, -0.1) is 0 Å². The van der Waals surface area contributed by atoms with Crippen molar-refractivity contribution in [1.29, 1.82) is 0 Å². The number of Topliss-reactive ketones (excluding diaryl/α,β-unsaturated/α-hetero) is 1. The third kappa shape index (κ3) is 3.20. The summed E-state index contributed by atoms with van der Waals surface area (Å²) < 4.78 is 4.50. The van der Waals surface area contributed by atoms with Gasteiger partial charge in [-0.1, -0.05) is 13.0 Å². The topological polar surface area (TPSA) is 97.2 Å². The van der Waals surface area contributed by atoms with E-state index in [-0.39, 0.29) is 17.6 Å². The zero-order valence-electron chi connectivity index (χ0n) is 14.2. The number of amides is 1. The second kappa shape index (κ2) is 6.87. The van der Waals surface area contributed by atoms with Gasteiger partial charge in [-0.3, -0.25) is 14.6 Å². The van der Waals surface area contributed by atoms with Crippen molar-refractivity contribution in [3.8, 4) is 0 Å². The molecule has 2 aliphatic heterocycles. The number of nitrogens with zero attached hydrogens (tertiary/aromatic N) is 4. The molecule has 0 radical (unpaired) electrons. The van der Waals surface area contributed by atoms with E-state index in [0.29, 0.717) is 30.8 Å². The van der Waals surface area contributed by atoms with E-state index in [4.69, 9.17) is 0 Å². The number of anilines is 1. The van der Waals surface area contributed by atoms with Crippen LogP contribution in [0.1, 0.15) is 58.7 Å². The highest BCUT2D eigenvalue weighted by atomic mass is 32.1. The van der Waals surface area contributed by atoms with Gasteiger partial charge in [-0.05, 0) is 24.0 Å². The fourth-order valence-electron chi connectivity index (χ4n) is 3.09. The molecule has 0 saturated carbocycles. The zero-order valence-corrected chi connectivity index (χ0v) is 15.0. The molecule has 26 heavy (non-hydrogen) atoms. The summed E-state index contributed by atoms with van der Waals surface area (Å²) in [6.45, 7) is 1.99. The van der Waals surface area contributed by atoms with Crippen molar-refractivity contribution >= 4 is 34.8 Å². The number of rotatable bonds is 5. The summed E-state index contributed by atoms with van der Waals surface area (Å²) in [5, 5.41) is 2.70. The summed E-state index contributed by atoms with van der Waals surface area (Å²) in [7, 11) is 0. The Bertz CT molecular complexity index is 947. The van der Waals surface area contributed by atoms with Crippen LogP contribution in [-0.2, 0) is 11.2 Å². The SMILES string of the molecule is CC(CC(=O)c1ncnc2c1CCC(=O)N2)c1cc(C2=NC=CC2)sn1. The average molecular weight is 367 g/mol. The van der Waals surface area contributed by atoms with E-state index >= 15 is 0 Å². The van der Waals surface area contributed by atoms with Crippen molar-refractivity contribution in [3.05, 3.63) is 46.5 Å². The molecule has 1 amide bonds. The number of carbonyl (C=O) groups excluding carboxylic acids is 2. The van der Waals surface area contributed by atoms with Crippen molar-refractivity contribution in [1.82, 2.24) is 14.3 Å². The minimum absolute atomic E-state index is 0.0220. The van der Waals surface area contributed by atoms with Crippen LogP contribution in [0.5, 0.6) is 0 Å². The normalized spacial score (nSPS) is 16.8. The molecule has 2 aromatic heterocycles. The Hall–Kier alpha value is -2.74. The molecule has 0 bridgehead atoms. The number of aliphatic imine (C=N–C) groups is 1. The van der Waals surface area contributed by atoms with Gasteiger partial charge in [0.2, 0.25) is 5.91 Å². The summed E-state index contributed by atoms with van der Waals surface area (Å²) in [6, 6.07) is 2.02. The van der Waals surface area contributed by atoms with Gasteiger partial charge < -0.3 is 5.32 Å². The standard InChI is InChI=1S/C18H17N5O2S/c1-10(13-8-15(26-23-13)12-3-2-6-19-12)7-14(24)17-11-4-5-16(25)22-18(11)21-9-20-17/h2,6,8-10H,3-5,7H2,1H3,(H,20,21,22,25). The first-order valence-corrected chi connectivity index (χ1v) is 9.24. The number of aromatic nitrogens is 3. The highest BCUT2D eigenvalue weighted by Crippen LogP contribution is 2.28. The fraction of sp³-hybridized carbons (Fsp3) is 0.333. The van der Waals surface area contributed by atoms with Crippen molar-refractivity contribution in [2.45, 2.75) is 38.5 Å². The maximum absolute atomic E-state index is 12.8. The number of fused-ring (bicyclic) bond motifs is 1. The molecule has 8 heteroatoms. The van der Waals surface area contributed by atoms with Crippen LogP contribution >= 0.6 is 11.5 Å². The second-order valence-electron chi connectivity index (χ2n) is 6.41. The zero-order chi connectivity index (χ0) is 18.1. The van der Waals surface area contributed by atoms with Gasteiger partial charge in [-0.2, -0.15) is 4.37 Å². The average Bonchev–Trinajstić information content (AvgIpc) is 3.32.